The van der Waals surface area contributed by atoms with E-state index in [9.17, 15) is 13.2 Å². The van der Waals surface area contributed by atoms with Gasteiger partial charge in [-0.3, -0.25) is 4.57 Å². The van der Waals surface area contributed by atoms with Gasteiger partial charge in [0.1, 0.15) is 5.82 Å². The van der Waals surface area contributed by atoms with Gasteiger partial charge >= 0.3 is 5.69 Å². The quantitative estimate of drug-likeness (QED) is 0.753. The van der Waals surface area contributed by atoms with Crippen molar-refractivity contribution in [3.8, 4) is 11.8 Å². The SMILES string of the molecule is Nc1nc(=O)n(C2CCCS2)cc1C#CCNS(=O)(=O)C1CC1. The predicted octanol–water partition coefficient (Wildman–Crippen LogP) is 0.284. The Bertz CT molecular complexity index is 813. The van der Waals surface area contributed by atoms with Crippen LogP contribution >= 0.6 is 11.8 Å². The second kappa shape index (κ2) is 6.55. The van der Waals surface area contributed by atoms with Crippen LogP contribution in [-0.4, -0.2) is 35.5 Å². The van der Waals surface area contributed by atoms with Crippen molar-refractivity contribution in [1.82, 2.24) is 14.3 Å². The Morgan fingerprint density at radius 2 is 2.22 bits per heavy atom. The zero-order valence-corrected chi connectivity index (χ0v) is 14.1. The molecule has 0 radical (unpaired) electrons. The number of aromatic nitrogens is 2. The summed E-state index contributed by atoms with van der Waals surface area (Å²) < 4.78 is 27.4. The summed E-state index contributed by atoms with van der Waals surface area (Å²) in [5.41, 5.74) is 5.82. The fraction of sp³-hybridized carbons (Fsp3) is 0.571. The molecule has 0 bridgehead atoms. The van der Waals surface area contributed by atoms with Gasteiger partial charge in [-0.05, 0) is 31.4 Å². The molecule has 124 valence electrons. The number of nitrogens with zero attached hydrogens (tertiary/aromatic N) is 2. The fourth-order valence-electron chi connectivity index (χ4n) is 2.34. The van der Waals surface area contributed by atoms with Crippen molar-refractivity contribution in [3.63, 3.8) is 0 Å². The van der Waals surface area contributed by atoms with Crippen molar-refractivity contribution in [2.45, 2.75) is 36.3 Å². The van der Waals surface area contributed by atoms with E-state index in [2.05, 4.69) is 21.5 Å². The molecule has 1 atom stereocenters. The first-order valence-electron chi connectivity index (χ1n) is 7.45. The van der Waals surface area contributed by atoms with E-state index in [1.165, 1.54) is 0 Å². The molecule has 0 spiro atoms. The minimum absolute atomic E-state index is 0.0234. The van der Waals surface area contributed by atoms with Crippen molar-refractivity contribution in [2.24, 2.45) is 0 Å². The maximum Gasteiger partial charge on any atom is 0.350 e. The molecule has 1 aromatic heterocycles. The van der Waals surface area contributed by atoms with Crippen LogP contribution in [0.4, 0.5) is 5.82 Å². The van der Waals surface area contributed by atoms with Crippen LogP contribution in [0, 0.1) is 11.8 Å². The Labute approximate surface area is 139 Å². The number of nitrogens with one attached hydrogen (secondary N) is 1. The topological polar surface area (TPSA) is 107 Å². The Morgan fingerprint density at radius 1 is 1.43 bits per heavy atom. The Kier molecular flexibility index (Phi) is 4.66. The maximum absolute atomic E-state index is 11.9. The summed E-state index contributed by atoms with van der Waals surface area (Å²) in [5, 5.41) is -0.193. The monoisotopic (exact) mass is 354 g/mol. The molecule has 0 amide bonds. The molecule has 1 saturated carbocycles. The van der Waals surface area contributed by atoms with Crippen LogP contribution in [0.1, 0.15) is 36.6 Å². The summed E-state index contributed by atoms with van der Waals surface area (Å²) in [5.74, 6) is 6.63. The Hall–Kier alpha value is -1.50. The number of thioether (sulfide) groups is 1. The van der Waals surface area contributed by atoms with Gasteiger partial charge in [-0.2, -0.15) is 4.98 Å². The first-order valence-corrected chi connectivity index (χ1v) is 10.0. The van der Waals surface area contributed by atoms with Gasteiger partial charge < -0.3 is 5.73 Å². The number of sulfonamides is 1. The van der Waals surface area contributed by atoms with Crippen LogP contribution in [-0.2, 0) is 10.0 Å². The smallest absolute Gasteiger partial charge is 0.350 e. The maximum atomic E-state index is 11.9. The number of rotatable bonds is 4. The molecule has 2 heterocycles. The number of nitrogen functional groups attached to an aromatic ring is 1. The van der Waals surface area contributed by atoms with E-state index in [0.29, 0.717) is 18.4 Å². The lowest BCUT2D eigenvalue weighted by molar-refractivity contribution is 0.584. The molecule has 0 aromatic carbocycles. The molecular formula is C14H18N4O3S2. The summed E-state index contributed by atoms with van der Waals surface area (Å²) in [6.45, 7) is 0.0234. The highest BCUT2D eigenvalue weighted by Crippen LogP contribution is 2.34. The van der Waals surface area contributed by atoms with E-state index in [-0.39, 0.29) is 28.7 Å². The highest BCUT2D eigenvalue weighted by atomic mass is 32.2. The van der Waals surface area contributed by atoms with Crippen LogP contribution in [0.5, 0.6) is 0 Å². The van der Waals surface area contributed by atoms with Crippen molar-refractivity contribution in [3.05, 3.63) is 22.2 Å². The summed E-state index contributed by atoms with van der Waals surface area (Å²) in [4.78, 5) is 15.8. The second-order valence-corrected chi connectivity index (χ2v) is 8.90. The summed E-state index contributed by atoms with van der Waals surface area (Å²) in [7, 11) is -3.24. The molecule has 23 heavy (non-hydrogen) atoms. The highest BCUT2D eigenvalue weighted by molar-refractivity contribution is 7.99. The van der Waals surface area contributed by atoms with Crippen LogP contribution in [0.15, 0.2) is 11.0 Å². The molecule has 1 aliphatic heterocycles. The second-order valence-electron chi connectivity index (χ2n) is 5.56. The molecule has 1 aromatic rings. The third-order valence-electron chi connectivity index (χ3n) is 3.75. The minimum atomic E-state index is -3.24. The summed E-state index contributed by atoms with van der Waals surface area (Å²) >= 11 is 1.71. The van der Waals surface area contributed by atoms with Gasteiger partial charge in [-0.25, -0.2) is 17.9 Å². The van der Waals surface area contributed by atoms with Gasteiger partial charge in [0.25, 0.3) is 0 Å². The van der Waals surface area contributed by atoms with E-state index < -0.39 is 10.0 Å². The van der Waals surface area contributed by atoms with E-state index >= 15 is 0 Å². The van der Waals surface area contributed by atoms with E-state index in [0.717, 1.165) is 18.6 Å². The summed E-state index contributed by atoms with van der Waals surface area (Å²) in [6, 6.07) is 0. The van der Waals surface area contributed by atoms with E-state index in [4.69, 9.17) is 5.73 Å². The zero-order chi connectivity index (χ0) is 16.4. The average molecular weight is 354 g/mol. The highest BCUT2D eigenvalue weighted by Gasteiger charge is 2.35. The number of hydrogen-bond acceptors (Lipinski definition) is 6. The third kappa shape index (κ3) is 3.88. The zero-order valence-electron chi connectivity index (χ0n) is 12.5. The van der Waals surface area contributed by atoms with E-state index in [1.54, 1.807) is 22.5 Å². The standard InChI is InChI=1S/C14H18N4O3S2/c15-13-10(3-1-7-16-23(20,21)11-5-6-11)9-18(14(19)17-13)12-4-2-8-22-12/h9,11-12,16H,2,4-8H2,(H2,15,17,19). The molecule has 2 aliphatic rings. The van der Waals surface area contributed by atoms with Crippen LogP contribution in [0.25, 0.3) is 0 Å². The molecule has 3 N–H and O–H groups in total. The van der Waals surface area contributed by atoms with Crippen molar-refractivity contribution in [2.75, 3.05) is 18.0 Å². The predicted molar refractivity (Wildman–Crippen MR) is 90.5 cm³/mol. The number of anilines is 1. The largest absolute Gasteiger partial charge is 0.382 e. The van der Waals surface area contributed by atoms with Gasteiger partial charge in [-0.15, -0.1) is 11.8 Å². The van der Waals surface area contributed by atoms with Crippen LogP contribution < -0.4 is 16.1 Å². The lowest BCUT2D eigenvalue weighted by Gasteiger charge is -2.12. The first kappa shape index (κ1) is 16.4. The molecule has 2 fully saturated rings. The Morgan fingerprint density at radius 3 is 2.87 bits per heavy atom. The first-order chi connectivity index (χ1) is 11.0. The normalized spacial score (nSPS) is 21.0. The molecule has 1 aliphatic carbocycles. The van der Waals surface area contributed by atoms with E-state index in [1.807, 2.05) is 0 Å². The van der Waals surface area contributed by atoms with Crippen molar-refractivity contribution < 1.29 is 8.42 Å². The number of hydrogen-bond donors (Lipinski definition) is 2. The minimum Gasteiger partial charge on any atom is -0.382 e. The number of nitrogens with two attached hydrogens (primary N) is 1. The van der Waals surface area contributed by atoms with Gasteiger partial charge in [0, 0.05) is 6.20 Å². The molecule has 1 unspecified atom stereocenters. The molecular weight excluding hydrogens is 336 g/mol. The summed E-state index contributed by atoms with van der Waals surface area (Å²) in [6.07, 6.45) is 5.03. The third-order valence-corrected chi connectivity index (χ3v) is 7.01. The van der Waals surface area contributed by atoms with Crippen LogP contribution in [0.2, 0.25) is 0 Å². The average Bonchev–Trinajstić information content (AvgIpc) is 3.23. The lowest BCUT2D eigenvalue weighted by Crippen LogP contribution is -2.27. The van der Waals surface area contributed by atoms with Gasteiger partial charge in [0.15, 0.2) is 0 Å². The molecule has 9 heteroatoms. The van der Waals surface area contributed by atoms with Crippen molar-refractivity contribution >= 4 is 27.6 Å². The van der Waals surface area contributed by atoms with Crippen molar-refractivity contribution in [1.29, 1.82) is 0 Å². The van der Waals surface area contributed by atoms with Gasteiger partial charge in [-0.1, -0.05) is 11.8 Å². The lowest BCUT2D eigenvalue weighted by atomic mass is 10.3. The molecule has 7 nitrogen and oxygen atoms in total. The van der Waals surface area contributed by atoms with Gasteiger partial charge in [0.05, 0.1) is 22.7 Å². The van der Waals surface area contributed by atoms with Gasteiger partial charge in [0.2, 0.25) is 10.0 Å². The fourth-order valence-corrected chi connectivity index (χ4v) is 4.85. The van der Waals surface area contributed by atoms with Crippen LogP contribution in [0.3, 0.4) is 0 Å². The molecule has 3 rings (SSSR count). The Balaban J connectivity index is 1.73. The molecule has 1 saturated heterocycles.